The predicted octanol–water partition coefficient (Wildman–Crippen LogP) is 2.44. The minimum absolute atomic E-state index is 0.352. The Hall–Kier alpha value is -3.21. The lowest BCUT2D eigenvalue weighted by Gasteiger charge is -2.08. The number of hydrogen-bond donors (Lipinski definition) is 3. The molecule has 1 aromatic heterocycles. The van der Waals surface area contributed by atoms with Crippen LogP contribution in [-0.2, 0) is 0 Å². The van der Waals surface area contributed by atoms with E-state index in [1.165, 1.54) is 0 Å². The lowest BCUT2D eigenvalue weighted by atomic mass is 10.1. The second-order valence-electron chi connectivity index (χ2n) is 4.87. The highest BCUT2D eigenvalue weighted by atomic mass is 15.4. The van der Waals surface area contributed by atoms with Crippen molar-refractivity contribution in [2.24, 2.45) is 5.10 Å². The molecule has 2 rings (SSSR count). The molecule has 3 N–H and O–H groups in total. The molecule has 0 saturated heterocycles. The highest BCUT2D eigenvalue weighted by molar-refractivity contribution is 5.99. The van der Waals surface area contributed by atoms with Gasteiger partial charge in [0.25, 0.3) is 0 Å². The minimum atomic E-state index is 0.352. The average molecular weight is 324 g/mol. The van der Waals surface area contributed by atoms with E-state index in [-0.39, 0.29) is 0 Å². The van der Waals surface area contributed by atoms with Crippen molar-refractivity contribution in [1.82, 2.24) is 15.0 Å². The third-order valence-corrected chi connectivity index (χ3v) is 3.06. The molecule has 0 aliphatic heterocycles. The first kappa shape index (κ1) is 17.1. The van der Waals surface area contributed by atoms with Crippen molar-refractivity contribution in [3.05, 3.63) is 35.4 Å². The quantitative estimate of drug-likeness (QED) is 0.530. The summed E-state index contributed by atoms with van der Waals surface area (Å²) >= 11 is 0. The SMILES string of the molecule is CCNc1nc(NCC)nc(NN=C(C)c2ccc(C#N)cc2)n1. The summed E-state index contributed by atoms with van der Waals surface area (Å²) in [6.07, 6.45) is 0. The summed E-state index contributed by atoms with van der Waals surface area (Å²) in [6.45, 7) is 7.23. The van der Waals surface area contributed by atoms with E-state index in [9.17, 15) is 0 Å². The van der Waals surface area contributed by atoms with Gasteiger partial charge in [-0.1, -0.05) is 12.1 Å². The lowest BCUT2D eigenvalue weighted by molar-refractivity contribution is 0.991. The molecule has 8 nitrogen and oxygen atoms in total. The number of nitriles is 1. The van der Waals surface area contributed by atoms with Gasteiger partial charge in [0.1, 0.15) is 0 Å². The second kappa shape index (κ2) is 8.43. The van der Waals surface area contributed by atoms with Gasteiger partial charge in [-0.15, -0.1) is 0 Å². The molecule has 0 aliphatic carbocycles. The fraction of sp³-hybridized carbons (Fsp3) is 0.312. The highest BCUT2D eigenvalue weighted by Gasteiger charge is 2.05. The van der Waals surface area contributed by atoms with Crippen molar-refractivity contribution < 1.29 is 0 Å². The van der Waals surface area contributed by atoms with Crippen LogP contribution in [-0.4, -0.2) is 33.8 Å². The van der Waals surface area contributed by atoms with E-state index < -0.39 is 0 Å². The number of nitrogens with one attached hydrogen (secondary N) is 3. The summed E-state index contributed by atoms with van der Waals surface area (Å²) in [7, 11) is 0. The molecule has 0 spiro atoms. The van der Waals surface area contributed by atoms with Crippen LogP contribution < -0.4 is 16.1 Å². The molecule has 0 fully saturated rings. The van der Waals surface area contributed by atoms with E-state index in [0.717, 1.165) is 11.3 Å². The van der Waals surface area contributed by atoms with Gasteiger partial charge < -0.3 is 10.6 Å². The maximum absolute atomic E-state index is 8.83. The third kappa shape index (κ3) is 4.64. The van der Waals surface area contributed by atoms with Gasteiger partial charge in [-0.05, 0) is 38.5 Å². The molecular weight excluding hydrogens is 304 g/mol. The van der Waals surface area contributed by atoms with Crippen molar-refractivity contribution >= 4 is 23.6 Å². The number of hydrogen-bond acceptors (Lipinski definition) is 8. The molecule has 8 heteroatoms. The zero-order valence-electron chi connectivity index (χ0n) is 14.0. The third-order valence-electron chi connectivity index (χ3n) is 3.06. The van der Waals surface area contributed by atoms with Gasteiger partial charge in [-0.2, -0.15) is 25.3 Å². The Balaban J connectivity index is 2.17. The number of rotatable bonds is 7. The van der Waals surface area contributed by atoms with Crippen LogP contribution in [0.25, 0.3) is 0 Å². The van der Waals surface area contributed by atoms with Gasteiger partial charge in [0.05, 0.1) is 17.3 Å². The predicted molar refractivity (Wildman–Crippen MR) is 95.1 cm³/mol. The van der Waals surface area contributed by atoms with Gasteiger partial charge in [0, 0.05) is 13.1 Å². The number of anilines is 3. The fourth-order valence-corrected chi connectivity index (χ4v) is 1.88. The summed E-state index contributed by atoms with van der Waals surface area (Å²) in [5.41, 5.74) is 5.13. The molecule has 0 amide bonds. The summed E-state index contributed by atoms with van der Waals surface area (Å²) in [5.74, 6) is 1.32. The number of aromatic nitrogens is 3. The topological polar surface area (TPSA) is 111 Å². The molecule has 24 heavy (non-hydrogen) atoms. The minimum Gasteiger partial charge on any atom is -0.354 e. The monoisotopic (exact) mass is 324 g/mol. The Labute approximate surface area is 141 Å². The van der Waals surface area contributed by atoms with Gasteiger partial charge in [-0.3, -0.25) is 0 Å². The highest BCUT2D eigenvalue weighted by Crippen LogP contribution is 2.10. The van der Waals surface area contributed by atoms with Gasteiger partial charge in [0.2, 0.25) is 17.8 Å². The van der Waals surface area contributed by atoms with Crippen LogP contribution in [0.5, 0.6) is 0 Å². The van der Waals surface area contributed by atoms with E-state index in [2.05, 4.69) is 42.2 Å². The maximum Gasteiger partial charge on any atom is 0.250 e. The zero-order chi connectivity index (χ0) is 17.4. The molecule has 0 atom stereocenters. The maximum atomic E-state index is 8.83. The molecule has 0 unspecified atom stereocenters. The van der Waals surface area contributed by atoms with Crippen LogP contribution in [0.4, 0.5) is 17.8 Å². The number of hydrazone groups is 1. The number of benzene rings is 1. The Morgan fingerprint density at radius 3 is 2.04 bits per heavy atom. The molecule has 2 aromatic rings. The number of nitrogens with zero attached hydrogens (tertiary/aromatic N) is 5. The molecule has 1 aromatic carbocycles. The van der Waals surface area contributed by atoms with Crippen molar-refractivity contribution in [3.63, 3.8) is 0 Å². The first-order valence-corrected chi connectivity index (χ1v) is 7.71. The normalized spacial score (nSPS) is 10.8. The van der Waals surface area contributed by atoms with Crippen molar-refractivity contribution in [1.29, 1.82) is 5.26 Å². The van der Waals surface area contributed by atoms with E-state index in [4.69, 9.17) is 5.26 Å². The molecule has 1 heterocycles. The van der Waals surface area contributed by atoms with E-state index in [1.807, 2.05) is 32.9 Å². The first-order valence-electron chi connectivity index (χ1n) is 7.71. The van der Waals surface area contributed by atoms with Crippen molar-refractivity contribution in [2.45, 2.75) is 20.8 Å². The largest absolute Gasteiger partial charge is 0.354 e. The van der Waals surface area contributed by atoms with Crippen molar-refractivity contribution in [3.8, 4) is 6.07 Å². The van der Waals surface area contributed by atoms with Crippen LogP contribution in [0.3, 0.4) is 0 Å². The van der Waals surface area contributed by atoms with E-state index >= 15 is 0 Å². The van der Waals surface area contributed by atoms with Gasteiger partial charge in [0.15, 0.2) is 0 Å². The fourth-order valence-electron chi connectivity index (χ4n) is 1.88. The van der Waals surface area contributed by atoms with Crippen molar-refractivity contribution in [2.75, 3.05) is 29.1 Å². The smallest absolute Gasteiger partial charge is 0.250 e. The van der Waals surface area contributed by atoms with Crippen LogP contribution in [0.1, 0.15) is 31.9 Å². The average Bonchev–Trinajstić information content (AvgIpc) is 2.60. The Morgan fingerprint density at radius 2 is 1.54 bits per heavy atom. The summed E-state index contributed by atoms with van der Waals surface area (Å²) in [6, 6.07) is 9.29. The Morgan fingerprint density at radius 1 is 1.00 bits per heavy atom. The van der Waals surface area contributed by atoms with Crippen LogP contribution in [0, 0.1) is 11.3 Å². The molecule has 124 valence electrons. The van der Waals surface area contributed by atoms with E-state index in [0.29, 0.717) is 36.5 Å². The summed E-state index contributed by atoms with van der Waals surface area (Å²) in [4.78, 5) is 12.8. The standard InChI is InChI=1S/C16H20N8/c1-4-18-14-20-15(19-5-2)22-16(21-14)24-23-11(3)13-8-6-12(10-17)7-9-13/h6-9H,4-5H2,1-3H3,(H3,18,19,20,21,22,24). The van der Waals surface area contributed by atoms with Crippen LogP contribution in [0.15, 0.2) is 29.4 Å². The Kier molecular flexibility index (Phi) is 6.02. The lowest BCUT2D eigenvalue weighted by Crippen LogP contribution is -2.11. The molecule has 0 radical (unpaired) electrons. The summed E-state index contributed by atoms with van der Waals surface area (Å²) < 4.78 is 0. The summed E-state index contributed by atoms with van der Waals surface area (Å²) in [5, 5.41) is 19.2. The zero-order valence-corrected chi connectivity index (χ0v) is 14.0. The van der Waals surface area contributed by atoms with E-state index in [1.54, 1.807) is 12.1 Å². The first-order chi connectivity index (χ1) is 11.7. The van der Waals surface area contributed by atoms with Crippen LogP contribution >= 0.6 is 0 Å². The second-order valence-corrected chi connectivity index (χ2v) is 4.87. The Bertz CT molecular complexity index is 721. The van der Waals surface area contributed by atoms with Gasteiger partial charge in [-0.25, -0.2) is 5.43 Å². The molecular formula is C16H20N8. The molecule has 0 aliphatic rings. The van der Waals surface area contributed by atoms with Crippen LogP contribution in [0.2, 0.25) is 0 Å². The molecule has 0 bridgehead atoms. The molecule has 0 saturated carbocycles. The van der Waals surface area contributed by atoms with Gasteiger partial charge >= 0.3 is 0 Å².